The first kappa shape index (κ1) is 158. The Morgan fingerprint density at radius 2 is 0.844 bits per heavy atom. The van der Waals surface area contributed by atoms with E-state index >= 15 is 0 Å². The smallest absolute Gasteiger partial charge is 0.0248 e. The Kier molecular flexibility index (Phi) is 127. The molecule has 0 atom stereocenters. The van der Waals surface area contributed by atoms with Gasteiger partial charge in [0.05, 0.1) is 0 Å². The van der Waals surface area contributed by atoms with Crippen LogP contribution in [0.15, 0.2) is 131 Å². The fourth-order valence-electron chi connectivity index (χ4n) is 8.44. The first-order valence-electron chi connectivity index (χ1n) is 39.7. The summed E-state index contributed by atoms with van der Waals surface area (Å²) in [5.41, 5.74) is 18.3. The van der Waals surface area contributed by atoms with Gasteiger partial charge in [0.2, 0.25) is 0 Å². The van der Waals surface area contributed by atoms with Gasteiger partial charge in [-0.25, -0.2) is 70.9 Å². The normalized spacial score (nSPS) is 8.16. The molecule has 128 heavy (non-hydrogen) atoms. The summed E-state index contributed by atoms with van der Waals surface area (Å²) in [6.45, 7) is 109. The first-order valence-corrected chi connectivity index (χ1v) is 41.3. The molecule has 2 N–H and O–H groups in total. The topological polar surface area (TPSA) is 109 Å². The number of benzene rings is 4. The Hall–Kier alpha value is -0.521. The fraction of sp³-hybridized carbons (Fsp3) is 0.259. The minimum Gasteiger partial charge on any atom is -0.630 e. The molecule has 14 rings (SSSR count). The molecule has 0 aliphatic heterocycles. The molecule has 14 aromatic rings. The molecule has 0 fully saturated rings. The monoisotopic (exact) mass is 2490 g/mol. The zero-order valence-electron chi connectivity index (χ0n) is 81.3. The van der Waals surface area contributed by atoms with Crippen molar-refractivity contribution in [1.82, 2.24) is 29.9 Å². The average Bonchev–Trinajstić information content (AvgIpc) is 1.23. The first-order chi connectivity index (χ1) is 57.1. The van der Waals surface area contributed by atoms with Crippen LogP contribution < -0.4 is 0 Å². The van der Waals surface area contributed by atoms with Crippen molar-refractivity contribution >= 4 is 127 Å². The Morgan fingerprint density at radius 1 is 0.375 bits per heavy atom. The van der Waals surface area contributed by atoms with Gasteiger partial charge in [0, 0.05) is 352 Å². The van der Waals surface area contributed by atoms with Crippen LogP contribution in [0.3, 0.4) is 0 Å². The van der Waals surface area contributed by atoms with Gasteiger partial charge >= 0.3 is 0 Å². The van der Waals surface area contributed by atoms with Crippen LogP contribution in [0.4, 0.5) is 0 Å². The van der Waals surface area contributed by atoms with E-state index in [-0.39, 0.29) is 327 Å². The Bertz CT molecular complexity index is 4510. The van der Waals surface area contributed by atoms with Gasteiger partial charge in [0.25, 0.3) is 0 Å². The standard InChI is InChI=1S/4C11H7N.2C8H9N.2C8H8O.2C8H8S.8C2H6.10Y/c1-2-9-3-4-11-8-12-6-5-10(11)7-9;1-2-9-3-4-10-5-6-12-8-11(10)7-9;1-2-9-5-6-11-10(8-9)4-3-7-12-11;1-2-9-7-10-5-3-4-6-11(10)12-8-9;1-4-8-5-9-7(3)6(8)2;1-4-8-5-6(2)7(3)9-8;1-4-8-5-9-7(3)6(8)2;1-4-8-5-6(2)7(3)9-8;1-4-8-5-9-7(3)6(8)2;1-4-8-5-6(2)7(3)9-8;8*1-2;;;;;;;;;;/h2*1-2,4-8H;1-4,6-8H;1-7H;2*1,4,9H,2-3H3;4*1,4H,2-3H3;8*1-2H3;;;;;;;;;;/q10*-2;;;;;;;;;;;;;;;;;;. The molecule has 0 amide bonds. The number of aromatic amines is 2. The van der Waals surface area contributed by atoms with E-state index in [0.29, 0.717) is 5.76 Å². The largest absolute Gasteiger partial charge is 0.630 e. The molecule has 4 aromatic carbocycles. The summed E-state index contributed by atoms with van der Waals surface area (Å²) in [6.07, 6.45) is 32.6. The summed E-state index contributed by atoms with van der Waals surface area (Å²) in [5.74, 6) is 2.38. The van der Waals surface area contributed by atoms with Crippen molar-refractivity contribution in [3.8, 4) is 0 Å². The van der Waals surface area contributed by atoms with Gasteiger partial charge in [-0.2, -0.15) is 40.6 Å². The Morgan fingerprint density at radius 3 is 1.21 bits per heavy atom. The van der Waals surface area contributed by atoms with Crippen molar-refractivity contribution in [2.45, 2.75) is 194 Å². The quantitative estimate of drug-likeness (QED) is 0.132. The summed E-state index contributed by atoms with van der Waals surface area (Å²) in [4.78, 5) is 26.0. The molecule has 0 bridgehead atoms. The van der Waals surface area contributed by atoms with Crippen LogP contribution in [0, 0.1) is 209 Å². The maximum absolute atomic E-state index is 5.37. The van der Waals surface area contributed by atoms with E-state index < -0.39 is 0 Å². The second-order valence-electron chi connectivity index (χ2n) is 22.2. The third-order valence-corrected chi connectivity index (χ3v) is 17.2. The van der Waals surface area contributed by atoms with Crippen LogP contribution in [-0.4, -0.2) is 29.9 Å². The van der Waals surface area contributed by atoms with E-state index in [2.05, 4.69) is 111 Å². The molecule has 0 aliphatic rings. The van der Waals surface area contributed by atoms with Gasteiger partial charge in [0.1, 0.15) is 0 Å². The van der Waals surface area contributed by atoms with Gasteiger partial charge in [-0.05, 0) is 34.8 Å². The van der Waals surface area contributed by atoms with Crippen molar-refractivity contribution in [2.24, 2.45) is 0 Å². The molecule has 8 nitrogen and oxygen atoms in total. The number of furan rings is 2. The number of para-hydroxylation sites is 1. The number of aryl methyl sites for hydroxylation is 9. The molecular weight excluding hydrogens is 2370 g/mol. The molecule has 662 valence electrons. The number of rotatable bonds is 10. The molecule has 0 aliphatic carbocycles. The van der Waals surface area contributed by atoms with Crippen LogP contribution >= 0.6 is 22.7 Å². The van der Waals surface area contributed by atoms with Gasteiger partial charge in [0.15, 0.2) is 0 Å². The SMILES string of the molecule is CC.CC.CC.CC.CC.CC.CC.CC.[CH-]=Cc1[c-][nH]c(C)c1C.[CH-]=Cc1[c-]c(C)c(C)[nH]1.[CH-]=Cc1[c-]c(C)c(C)o1.[CH-]=Cc1[c-]c(C)c(C)s1.[CH-]=Cc1[c-]cc2ccncc2c1.[CH-]=Cc1[c-]cc2cnccc2c1.[CH-]=Cc1[c-]cc2ncccc2c1.[CH-]=Cc1[c-]nc2ccccc2c1.[CH-]=Cc1[c-]oc(C)c1C.[CH-]=Cc1[c-]sc(C)c1C.[Y].[Y].[Y].[Y].[Y].[Y].[Y].[Y].[Y].[Y]. The second kappa shape index (κ2) is 102. The van der Waals surface area contributed by atoms with Gasteiger partial charge in [-0.1, -0.05) is 259 Å². The second-order valence-corrected chi connectivity index (χ2v) is 24.4. The van der Waals surface area contributed by atoms with Gasteiger partial charge < -0.3 is 183 Å². The van der Waals surface area contributed by atoms with Crippen LogP contribution in [0.2, 0.25) is 0 Å². The molecule has 0 unspecified atom stereocenters. The predicted octanol–water partition coefficient (Wildman–Crippen LogP) is 31.4. The van der Waals surface area contributed by atoms with Crippen molar-refractivity contribution < 1.29 is 336 Å². The number of nitrogens with one attached hydrogen (secondary N) is 2. The zero-order chi connectivity index (χ0) is 90.7. The number of fused-ring (bicyclic) bond motifs is 4. The van der Waals surface area contributed by atoms with E-state index in [0.717, 1.165) is 132 Å². The third-order valence-electron chi connectivity index (χ3n) is 15.2. The summed E-state index contributed by atoms with van der Waals surface area (Å²) in [7, 11) is 0. The number of thiophene rings is 2. The molecular formula is C108H126N6O2S2Y10-20. The van der Waals surface area contributed by atoms with E-state index in [1.165, 1.54) is 62.9 Å². The maximum Gasteiger partial charge on any atom is 0.0248 e. The zero-order valence-corrected chi connectivity index (χ0v) is 111. The van der Waals surface area contributed by atoms with Crippen molar-refractivity contribution in [3.63, 3.8) is 0 Å². The summed E-state index contributed by atoms with van der Waals surface area (Å²) < 4.78 is 10.1. The van der Waals surface area contributed by atoms with Gasteiger partial charge in [-0.3, -0.25) is 60.6 Å². The number of H-pyrrole nitrogens is 2. The molecule has 0 saturated carbocycles. The summed E-state index contributed by atoms with van der Waals surface area (Å²) >= 11 is 3.30. The van der Waals surface area contributed by atoms with Crippen LogP contribution in [-0.2, 0) is 327 Å². The van der Waals surface area contributed by atoms with E-state index in [1.807, 2.05) is 276 Å². The molecule has 0 saturated heterocycles. The van der Waals surface area contributed by atoms with E-state index in [1.54, 1.807) is 65.6 Å². The van der Waals surface area contributed by atoms with Crippen LogP contribution in [0.25, 0.3) is 104 Å². The van der Waals surface area contributed by atoms with E-state index in [9.17, 15) is 0 Å². The fourth-order valence-corrected chi connectivity index (χ4v) is 10.00. The number of nitrogens with zero attached hydrogens (tertiary/aromatic N) is 4. The predicted molar refractivity (Wildman–Crippen MR) is 518 cm³/mol. The molecule has 20 heteroatoms. The van der Waals surface area contributed by atoms with Crippen molar-refractivity contribution in [1.29, 1.82) is 0 Å². The summed E-state index contributed by atoms with van der Waals surface area (Å²) in [6, 6.07) is 47.5. The molecule has 0 spiro atoms. The molecule has 10 aromatic heterocycles. The minimum atomic E-state index is 0. The van der Waals surface area contributed by atoms with Crippen molar-refractivity contribution in [3.05, 3.63) is 370 Å². The van der Waals surface area contributed by atoms with Crippen LogP contribution in [0.1, 0.15) is 232 Å². The maximum atomic E-state index is 5.37. The third kappa shape index (κ3) is 63.9. The average molecular weight is 2490 g/mol. The number of hydrogen-bond acceptors (Lipinski definition) is 8. The van der Waals surface area contributed by atoms with E-state index in [4.69, 9.17) is 74.6 Å². The Labute approximate surface area is 1040 Å². The number of pyridine rings is 4. The van der Waals surface area contributed by atoms with Crippen LogP contribution in [0.5, 0.6) is 0 Å². The van der Waals surface area contributed by atoms with Gasteiger partial charge in [-0.15, -0.1) is 55.1 Å². The minimum absolute atomic E-state index is 0. The Balaban J connectivity index is -0.0000000917. The molecule has 10 radical (unpaired) electrons. The molecule has 10 heterocycles. The number of aromatic nitrogens is 6. The van der Waals surface area contributed by atoms with Crippen molar-refractivity contribution in [2.75, 3.05) is 0 Å². The number of hydrogen-bond donors (Lipinski definition) is 2. The summed E-state index contributed by atoms with van der Waals surface area (Å²) in [5, 5.41) is 9.72.